The Morgan fingerprint density at radius 1 is 1.17 bits per heavy atom. The molecule has 2 aromatic rings. The van der Waals surface area contributed by atoms with E-state index in [1.54, 1.807) is 7.11 Å². The number of amides is 1. The molecule has 3 atom stereocenters. The molecule has 0 N–H and O–H groups in total. The maximum absolute atomic E-state index is 13.6. The van der Waals surface area contributed by atoms with Gasteiger partial charge in [-0.1, -0.05) is 54.6 Å². The Bertz CT molecular complexity index is 925. The van der Waals surface area contributed by atoms with Crippen LogP contribution in [0.25, 0.3) is 6.08 Å². The van der Waals surface area contributed by atoms with Crippen molar-refractivity contribution in [3.63, 3.8) is 0 Å². The number of nitrogens with zero attached hydrogens (tertiary/aromatic N) is 2. The quantitative estimate of drug-likeness (QED) is 0.777. The lowest BCUT2D eigenvalue weighted by Crippen LogP contribution is -2.50. The molecule has 5 rings (SSSR count). The summed E-state index contributed by atoms with van der Waals surface area (Å²) in [4.78, 5) is 18.2. The maximum atomic E-state index is 13.6. The number of hydrogen-bond acceptors (Lipinski definition) is 3. The highest BCUT2D eigenvalue weighted by Gasteiger charge is 2.64. The Kier molecular flexibility index (Phi) is 4.67. The van der Waals surface area contributed by atoms with Crippen molar-refractivity contribution in [2.24, 2.45) is 5.92 Å². The topological polar surface area (TPSA) is 32.8 Å². The summed E-state index contributed by atoms with van der Waals surface area (Å²) in [6, 6.07) is 18.9. The normalized spacial score (nSPS) is 28.9. The first-order chi connectivity index (χ1) is 14.2. The Labute approximate surface area is 172 Å². The third-order valence-corrected chi connectivity index (χ3v) is 6.99. The van der Waals surface area contributed by atoms with Crippen molar-refractivity contribution in [1.29, 1.82) is 0 Å². The van der Waals surface area contributed by atoms with E-state index in [4.69, 9.17) is 4.74 Å². The van der Waals surface area contributed by atoms with Crippen molar-refractivity contribution in [2.45, 2.75) is 37.4 Å². The van der Waals surface area contributed by atoms with Crippen LogP contribution in [-0.2, 0) is 11.3 Å². The second-order valence-corrected chi connectivity index (χ2v) is 8.53. The second-order valence-electron chi connectivity index (χ2n) is 8.53. The van der Waals surface area contributed by atoms with E-state index in [1.807, 2.05) is 24.3 Å². The summed E-state index contributed by atoms with van der Waals surface area (Å²) in [5, 5.41) is 0. The minimum absolute atomic E-state index is 0.273. The van der Waals surface area contributed by atoms with Crippen LogP contribution in [0.1, 0.15) is 30.4 Å². The Hall–Kier alpha value is -2.59. The van der Waals surface area contributed by atoms with E-state index in [9.17, 15) is 4.79 Å². The fourth-order valence-corrected chi connectivity index (χ4v) is 5.73. The van der Waals surface area contributed by atoms with Gasteiger partial charge in [-0.05, 0) is 49.1 Å². The van der Waals surface area contributed by atoms with Gasteiger partial charge in [0.15, 0.2) is 0 Å². The number of methoxy groups -OCH3 is 1. The molecule has 0 aliphatic carbocycles. The van der Waals surface area contributed by atoms with Gasteiger partial charge in [-0.25, -0.2) is 0 Å². The standard InChI is InChI=1S/C25H28N2O2/c1-29-23-10-5-9-20(15-23)17-26-18-21-16-22(12-11-19-7-3-2-4-8-19)27-14-6-13-25(21,27)24(26)28/h2-5,7-12,15,21-22H,6,13-14,16-18H2,1H3/b12-11+/t21-,22+,25-/m0/s1. The molecule has 3 aliphatic rings. The molecule has 0 radical (unpaired) electrons. The first-order valence-electron chi connectivity index (χ1n) is 10.6. The molecule has 3 aliphatic heterocycles. The van der Waals surface area contributed by atoms with Gasteiger partial charge in [-0.3, -0.25) is 9.69 Å². The van der Waals surface area contributed by atoms with Gasteiger partial charge >= 0.3 is 0 Å². The lowest BCUT2D eigenvalue weighted by molar-refractivity contribution is -0.137. The molecule has 2 aromatic carbocycles. The van der Waals surface area contributed by atoms with Crippen LogP contribution < -0.4 is 4.74 Å². The van der Waals surface area contributed by atoms with E-state index >= 15 is 0 Å². The van der Waals surface area contributed by atoms with Gasteiger partial charge in [0, 0.05) is 25.0 Å². The molecular formula is C25H28N2O2. The molecule has 3 fully saturated rings. The highest BCUT2D eigenvalue weighted by Crippen LogP contribution is 2.51. The largest absolute Gasteiger partial charge is 0.497 e. The van der Waals surface area contributed by atoms with E-state index in [-0.39, 0.29) is 5.54 Å². The van der Waals surface area contributed by atoms with Crippen LogP contribution in [0, 0.1) is 5.92 Å². The number of carbonyl (C=O) groups excluding carboxylic acids is 1. The van der Waals surface area contributed by atoms with Crippen molar-refractivity contribution in [3.8, 4) is 5.75 Å². The molecule has 0 saturated carbocycles. The van der Waals surface area contributed by atoms with Gasteiger partial charge in [0.25, 0.3) is 0 Å². The van der Waals surface area contributed by atoms with Crippen LogP contribution in [-0.4, -0.2) is 47.5 Å². The van der Waals surface area contributed by atoms with Crippen LogP contribution in [0.4, 0.5) is 0 Å². The van der Waals surface area contributed by atoms with E-state index in [1.165, 1.54) is 5.56 Å². The fourth-order valence-electron chi connectivity index (χ4n) is 5.73. The van der Waals surface area contributed by atoms with Crippen LogP contribution >= 0.6 is 0 Å². The molecule has 3 heterocycles. The lowest BCUT2D eigenvalue weighted by atomic mass is 9.85. The van der Waals surface area contributed by atoms with Gasteiger partial charge in [0.2, 0.25) is 5.91 Å². The van der Waals surface area contributed by atoms with Gasteiger partial charge in [0.05, 0.1) is 7.11 Å². The monoisotopic (exact) mass is 388 g/mol. The molecule has 150 valence electrons. The third-order valence-electron chi connectivity index (χ3n) is 6.99. The molecule has 4 heteroatoms. The number of likely N-dealkylation sites (tertiary alicyclic amines) is 1. The molecular weight excluding hydrogens is 360 g/mol. The number of rotatable bonds is 5. The molecule has 1 amide bonds. The minimum atomic E-state index is -0.273. The van der Waals surface area contributed by atoms with E-state index in [0.717, 1.165) is 43.7 Å². The lowest BCUT2D eigenvalue weighted by Gasteiger charge is -2.32. The highest BCUT2D eigenvalue weighted by molar-refractivity contribution is 5.90. The van der Waals surface area contributed by atoms with Crippen LogP contribution in [0.15, 0.2) is 60.7 Å². The van der Waals surface area contributed by atoms with Gasteiger partial charge < -0.3 is 9.64 Å². The van der Waals surface area contributed by atoms with Gasteiger partial charge in [-0.15, -0.1) is 0 Å². The number of ether oxygens (including phenoxy) is 1. The first kappa shape index (κ1) is 18.4. The van der Waals surface area contributed by atoms with Crippen LogP contribution in [0.3, 0.4) is 0 Å². The predicted octanol–water partition coefficient (Wildman–Crippen LogP) is 3.97. The van der Waals surface area contributed by atoms with E-state index in [2.05, 4.69) is 52.3 Å². The van der Waals surface area contributed by atoms with E-state index < -0.39 is 0 Å². The molecule has 4 nitrogen and oxygen atoms in total. The molecule has 29 heavy (non-hydrogen) atoms. The van der Waals surface area contributed by atoms with Crippen molar-refractivity contribution >= 4 is 12.0 Å². The summed E-state index contributed by atoms with van der Waals surface area (Å²) in [6.45, 7) is 2.56. The van der Waals surface area contributed by atoms with Crippen LogP contribution in [0.2, 0.25) is 0 Å². The Balaban J connectivity index is 1.35. The van der Waals surface area contributed by atoms with Crippen molar-refractivity contribution in [1.82, 2.24) is 9.80 Å². The van der Waals surface area contributed by atoms with Crippen molar-refractivity contribution in [2.75, 3.05) is 20.2 Å². The number of benzene rings is 2. The maximum Gasteiger partial charge on any atom is 0.243 e. The predicted molar refractivity (Wildman–Crippen MR) is 114 cm³/mol. The zero-order valence-corrected chi connectivity index (χ0v) is 17.0. The summed E-state index contributed by atoms with van der Waals surface area (Å²) >= 11 is 0. The molecule has 0 bridgehead atoms. The summed E-state index contributed by atoms with van der Waals surface area (Å²) in [7, 11) is 1.68. The third kappa shape index (κ3) is 3.06. The summed E-state index contributed by atoms with van der Waals surface area (Å²) in [6.07, 6.45) is 7.73. The number of carbonyl (C=O) groups is 1. The summed E-state index contributed by atoms with van der Waals surface area (Å²) < 4.78 is 5.35. The summed E-state index contributed by atoms with van der Waals surface area (Å²) in [5.74, 6) is 1.60. The smallest absolute Gasteiger partial charge is 0.243 e. The molecule has 3 saturated heterocycles. The Morgan fingerprint density at radius 2 is 2.03 bits per heavy atom. The molecule has 1 spiro atoms. The fraction of sp³-hybridized carbons (Fsp3) is 0.400. The van der Waals surface area contributed by atoms with Crippen LogP contribution in [0.5, 0.6) is 5.75 Å². The average molecular weight is 389 g/mol. The van der Waals surface area contributed by atoms with Gasteiger partial charge in [-0.2, -0.15) is 0 Å². The number of hydrogen-bond donors (Lipinski definition) is 0. The van der Waals surface area contributed by atoms with Crippen molar-refractivity contribution < 1.29 is 9.53 Å². The highest BCUT2D eigenvalue weighted by atomic mass is 16.5. The minimum Gasteiger partial charge on any atom is -0.497 e. The molecule has 0 unspecified atom stereocenters. The van der Waals surface area contributed by atoms with Crippen molar-refractivity contribution in [3.05, 3.63) is 71.8 Å². The first-order valence-corrected chi connectivity index (χ1v) is 10.6. The van der Waals surface area contributed by atoms with E-state index in [0.29, 0.717) is 24.4 Å². The zero-order chi connectivity index (χ0) is 19.8. The zero-order valence-electron chi connectivity index (χ0n) is 17.0. The molecule has 0 aromatic heterocycles. The van der Waals surface area contributed by atoms with Gasteiger partial charge in [0.1, 0.15) is 11.3 Å². The average Bonchev–Trinajstić information content (AvgIpc) is 3.38. The second kappa shape index (κ2) is 7.34. The summed E-state index contributed by atoms with van der Waals surface area (Å²) in [5.41, 5.74) is 2.09. The SMILES string of the molecule is COc1cccc(CN2C[C@@H]3C[C@@H](/C=C/c4ccccc4)N4CCC[C@@]34C2=O)c1. The Morgan fingerprint density at radius 3 is 2.86 bits per heavy atom.